The molecule has 6 heteroatoms. The highest BCUT2D eigenvalue weighted by atomic mass is 16.5. The van der Waals surface area contributed by atoms with Crippen LogP contribution in [0.5, 0.6) is 5.75 Å². The van der Waals surface area contributed by atoms with Gasteiger partial charge in [0.25, 0.3) is 11.8 Å². The Hall–Kier alpha value is -3.28. The Morgan fingerprint density at radius 1 is 0.839 bits per heavy atom. The van der Waals surface area contributed by atoms with Crippen LogP contribution in [0.1, 0.15) is 19.4 Å². The molecule has 0 N–H and O–H groups in total. The van der Waals surface area contributed by atoms with Gasteiger partial charge in [-0.3, -0.25) is 14.5 Å². The van der Waals surface area contributed by atoms with Crippen molar-refractivity contribution in [3.8, 4) is 5.75 Å². The van der Waals surface area contributed by atoms with E-state index in [1.165, 1.54) is 10.6 Å². The molecule has 0 radical (unpaired) electrons. The number of ether oxygens (including phenoxy) is 1. The average molecular weight is 420 g/mol. The number of para-hydroxylation sites is 1. The summed E-state index contributed by atoms with van der Waals surface area (Å²) >= 11 is 0. The molecule has 31 heavy (non-hydrogen) atoms. The zero-order valence-corrected chi connectivity index (χ0v) is 18.4. The second kappa shape index (κ2) is 8.84. The standard InChI is InChI=1S/C25H29N3O3/c1-18(2)17-31-21-11-9-19(10-12-21)22-23(25(30)26(3)24(22)29)28-15-13-27(14-16-28)20-7-5-4-6-8-20/h4-12,18H,13-17H2,1-3H3. The number of amides is 2. The van der Waals surface area contributed by atoms with Crippen molar-refractivity contribution in [2.75, 3.05) is 44.7 Å². The molecule has 0 spiro atoms. The number of anilines is 1. The molecule has 2 aliphatic heterocycles. The van der Waals surface area contributed by atoms with Crippen LogP contribution in [0.4, 0.5) is 5.69 Å². The smallest absolute Gasteiger partial charge is 0.277 e. The summed E-state index contributed by atoms with van der Waals surface area (Å²) in [6, 6.07) is 17.7. The van der Waals surface area contributed by atoms with Crippen molar-refractivity contribution in [2.24, 2.45) is 5.92 Å². The minimum absolute atomic E-state index is 0.228. The maximum atomic E-state index is 13.0. The SMILES string of the molecule is CC(C)COc1ccc(C2=C(N3CCN(c4ccccc4)CC3)C(=O)N(C)C2=O)cc1. The lowest BCUT2D eigenvalue weighted by atomic mass is 10.0. The second-order valence-corrected chi connectivity index (χ2v) is 8.43. The summed E-state index contributed by atoms with van der Waals surface area (Å²) in [4.78, 5) is 31.5. The lowest BCUT2D eigenvalue weighted by Gasteiger charge is -2.37. The van der Waals surface area contributed by atoms with Crippen molar-refractivity contribution in [1.82, 2.24) is 9.80 Å². The van der Waals surface area contributed by atoms with Crippen molar-refractivity contribution >= 4 is 23.1 Å². The highest BCUT2D eigenvalue weighted by Crippen LogP contribution is 2.32. The Morgan fingerprint density at radius 2 is 1.45 bits per heavy atom. The van der Waals surface area contributed by atoms with Gasteiger partial charge in [-0.2, -0.15) is 0 Å². The van der Waals surface area contributed by atoms with E-state index >= 15 is 0 Å². The number of benzene rings is 2. The molecule has 0 saturated carbocycles. The van der Waals surface area contributed by atoms with Gasteiger partial charge in [0, 0.05) is 38.9 Å². The van der Waals surface area contributed by atoms with Crippen LogP contribution in [-0.4, -0.2) is 61.4 Å². The fourth-order valence-corrected chi connectivity index (χ4v) is 3.99. The van der Waals surface area contributed by atoms with E-state index in [-0.39, 0.29) is 11.8 Å². The number of nitrogens with zero attached hydrogens (tertiary/aromatic N) is 3. The number of rotatable bonds is 6. The van der Waals surface area contributed by atoms with Gasteiger partial charge in [-0.05, 0) is 35.7 Å². The third-order valence-corrected chi connectivity index (χ3v) is 5.71. The van der Waals surface area contributed by atoms with Crippen molar-refractivity contribution in [2.45, 2.75) is 13.8 Å². The van der Waals surface area contributed by atoms with Gasteiger partial charge in [-0.15, -0.1) is 0 Å². The Morgan fingerprint density at radius 3 is 2.06 bits per heavy atom. The molecule has 2 aromatic carbocycles. The highest BCUT2D eigenvalue weighted by Gasteiger charge is 2.40. The third-order valence-electron chi connectivity index (χ3n) is 5.71. The highest BCUT2D eigenvalue weighted by molar-refractivity contribution is 6.35. The summed E-state index contributed by atoms with van der Waals surface area (Å²) in [7, 11) is 1.55. The van der Waals surface area contributed by atoms with Crippen LogP contribution in [0.25, 0.3) is 5.57 Å². The first kappa shape index (κ1) is 21.0. The Bertz CT molecular complexity index is 975. The van der Waals surface area contributed by atoms with Gasteiger partial charge >= 0.3 is 0 Å². The van der Waals surface area contributed by atoms with Crippen molar-refractivity contribution in [3.63, 3.8) is 0 Å². The topological polar surface area (TPSA) is 53.1 Å². The lowest BCUT2D eigenvalue weighted by molar-refractivity contribution is -0.135. The molecule has 0 atom stereocenters. The van der Waals surface area contributed by atoms with E-state index in [2.05, 4.69) is 35.8 Å². The van der Waals surface area contributed by atoms with Crippen LogP contribution >= 0.6 is 0 Å². The van der Waals surface area contributed by atoms with Crippen LogP contribution in [0.3, 0.4) is 0 Å². The molecule has 162 valence electrons. The maximum Gasteiger partial charge on any atom is 0.277 e. The predicted molar refractivity (Wildman–Crippen MR) is 122 cm³/mol. The summed E-state index contributed by atoms with van der Waals surface area (Å²) in [6.07, 6.45) is 0. The van der Waals surface area contributed by atoms with Crippen molar-refractivity contribution in [1.29, 1.82) is 0 Å². The first-order valence-electron chi connectivity index (χ1n) is 10.8. The normalized spacial score (nSPS) is 17.2. The molecule has 4 rings (SSSR count). The Labute approximate surface area is 183 Å². The summed E-state index contributed by atoms with van der Waals surface area (Å²) in [5.74, 6) is 0.724. The number of carbonyl (C=O) groups is 2. The average Bonchev–Trinajstić information content (AvgIpc) is 3.02. The van der Waals surface area contributed by atoms with Gasteiger partial charge in [-0.25, -0.2) is 0 Å². The van der Waals surface area contributed by atoms with Gasteiger partial charge in [0.2, 0.25) is 0 Å². The molecular weight excluding hydrogens is 390 g/mol. The predicted octanol–water partition coefficient (Wildman–Crippen LogP) is 3.25. The quantitative estimate of drug-likeness (QED) is 0.673. The molecule has 1 saturated heterocycles. The van der Waals surface area contributed by atoms with Crippen LogP contribution < -0.4 is 9.64 Å². The Balaban J connectivity index is 1.56. The summed E-state index contributed by atoms with van der Waals surface area (Å²) in [6.45, 7) is 7.82. The van der Waals surface area contributed by atoms with E-state index in [9.17, 15) is 9.59 Å². The lowest BCUT2D eigenvalue weighted by Crippen LogP contribution is -2.47. The van der Waals surface area contributed by atoms with E-state index in [0.717, 1.165) is 24.4 Å². The van der Waals surface area contributed by atoms with Crippen LogP contribution in [0, 0.1) is 5.92 Å². The first-order chi connectivity index (χ1) is 15.0. The molecule has 6 nitrogen and oxygen atoms in total. The zero-order valence-electron chi connectivity index (χ0n) is 18.4. The van der Waals surface area contributed by atoms with Crippen LogP contribution in [0.15, 0.2) is 60.3 Å². The van der Waals surface area contributed by atoms with E-state index in [4.69, 9.17) is 4.74 Å². The summed E-state index contributed by atoms with van der Waals surface area (Å²) in [5, 5.41) is 0. The zero-order chi connectivity index (χ0) is 22.0. The molecule has 2 aromatic rings. The van der Waals surface area contributed by atoms with Gasteiger partial charge in [0.05, 0.1) is 12.2 Å². The third kappa shape index (κ3) is 4.29. The molecule has 0 bridgehead atoms. The van der Waals surface area contributed by atoms with Gasteiger partial charge in [-0.1, -0.05) is 44.2 Å². The molecular formula is C25H29N3O3. The largest absolute Gasteiger partial charge is 0.493 e. The number of likely N-dealkylation sites (N-methyl/N-ethyl adjacent to an activating group) is 1. The van der Waals surface area contributed by atoms with Crippen molar-refractivity contribution < 1.29 is 14.3 Å². The molecule has 0 unspecified atom stereocenters. The number of hydrogen-bond acceptors (Lipinski definition) is 5. The fraction of sp³-hybridized carbons (Fsp3) is 0.360. The minimum Gasteiger partial charge on any atom is -0.493 e. The second-order valence-electron chi connectivity index (χ2n) is 8.43. The number of piperazine rings is 1. The summed E-state index contributed by atoms with van der Waals surface area (Å²) in [5.41, 5.74) is 2.92. The number of carbonyl (C=O) groups excluding carboxylic acids is 2. The molecule has 2 amide bonds. The number of hydrogen-bond donors (Lipinski definition) is 0. The van der Waals surface area contributed by atoms with Gasteiger partial charge in [0.1, 0.15) is 11.4 Å². The van der Waals surface area contributed by atoms with Crippen molar-refractivity contribution in [3.05, 3.63) is 65.9 Å². The van der Waals surface area contributed by atoms with Gasteiger partial charge in [0.15, 0.2) is 0 Å². The maximum absolute atomic E-state index is 13.0. The Kier molecular flexibility index (Phi) is 5.98. The van der Waals surface area contributed by atoms with Crippen LogP contribution in [-0.2, 0) is 9.59 Å². The molecule has 2 heterocycles. The molecule has 0 aromatic heterocycles. The fourth-order valence-electron chi connectivity index (χ4n) is 3.99. The van der Waals surface area contributed by atoms with E-state index < -0.39 is 0 Å². The summed E-state index contributed by atoms with van der Waals surface area (Å²) < 4.78 is 5.76. The van der Waals surface area contributed by atoms with Crippen LogP contribution in [0.2, 0.25) is 0 Å². The number of imide groups is 1. The molecule has 1 fully saturated rings. The molecule has 2 aliphatic rings. The van der Waals surface area contributed by atoms with E-state index in [1.807, 2.05) is 42.5 Å². The van der Waals surface area contributed by atoms with E-state index in [0.29, 0.717) is 36.9 Å². The van der Waals surface area contributed by atoms with E-state index in [1.54, 1.807) is 7.05 Å². The van der Waals surface area contributed by atoms with Gasteiger partial charge < -0.3 is 14.5 Å². The molecule has 0 aliphatic carbocycles. The monoisotopic (exact) mass is 419 g/mol. The first-order valence-corrected chi connectivity index (χ1v) is 10.8. The minimum atomic E-state index is -0.249.